The molecule has 112 valence electrons. The maximum atomic E-state index is 13.8. The Morgan fingerprint density at radius 2 is 2.00 bits per heavy atom. The first-order valence-corrected chi connectivity index (χ1v) is 6.56. The summed E-state index contributed by atoms with van der Waals surface area (Å²) in [5.74, 6) is 0.301. The van der Waals surface area contributed by atoms with Gasteiger partial charge in [-0.3, -0.25) is 0 Å². The Hall–Kier alpha value is -2.34. The Morgan fingerprint density at radius 3 is 2.71 bits per heavy atom. The van der Waals surface area contributed by atoms with E-state index in [2.05, 4.69) is 4.98 Å². The smallest absolute Gasteiger partial charge is 0.147 e. The average molecular weight is 290 g/mol. The first-order valence-electron chi connectivity index (χ1n) is 6.56. The number of pyridine rings is 1. The van der Waals surface area contributed by atoms with Crippen molar-refractivity contribution >= 4 is 11.5 Å². The molecule has 1 heterocycles. The van der Waals surface area contributed by atoms with Crippen molar-refractivity contribution in [2.75, 3.05) is 38.7 Å². The van der Waals surface area contributed by atoms with Crippen molar-refractivity contribution in [3.63, 3.8) is 0 Å². The van der Waals surface area contributed by atoms with E-state index in [-0.39, 0.29) is 11.6 Å². The summed E-state index contributed by atoms with van der Waals surface area (Å²) >= 11 is 0. The molecule has 0 spiro atoms. The van der Waals surface area contributed by atoms with Gasteiger partial charge in [0.15, 0.2) is 0 Å². The van der Waals surface area contributed by atoms with E-state index >= 15 is 0 Å². The van der Waals surface area contributed by atoms with Gasteiger partial charge >= 0.3 is 0 Å². The number of nitrogens with two attached hydrogens (primary N) is 2. The van der Waals surface area contributed by atoms with E-state index in [0.717, 1.165) is 6.54 Å². The summed E-state index contributed by atoms with van der Waals surface area (Å²) in [6, 6.07) is 6.18. The van der Waals surface area contributed by atoms with E-state index in [1.165, 1.54) is 12.1 Å². The summed E-state index contributed by atoms with van der Waals surface area (Å²) in [4.78, 5) is 5.89. The largest absolute Gasteiger partial charge is 0.492 e. The van der Waals surface area contributed by atoms with Gasteiger partial charge in [-0.1, -0.05) is 0 Å². The van der Waals surface area contributed by atoms with Gasteiger partial charge in [0, 0.05) is 24.4 Å². The van der Waals surface area contributed by atoms with Gasteiger partial charge in [-0.05, 0) is 37.9 Å². The van der Waals surface area contributed by atoms with Crippen LogP contribution < -0.4 is 16.2 Å². The molecule has 21 heavy (non-hydrogen) atoms. The van der Waals surface area contributed by atoms with Crippen LogP contribution in [-0.2, 0) is 0 Å². The second-order valence-electron chi connectivity index (χ2n) is 4.98. The fraction of sp³-hybridized carbons (Fsp3) is 0.267. The van der Waals surface area contributed by atoms with Gasteiger partial charge in [-0.15, -0.1) is 0 Å². The fourth-order valence-corrected chi connectivity index (χ4v) is 1.89. The lowest BCUT2D eigenvalue weighted by molar-refractivity contribution is 0.260. The minimum Gasteiger partial charge on any atom is -0.492 e. The third-order valence-corrected chi connectivity index (χ3v) is 3.01. The lowest BCUT2D eigenvalue weighted by atomic mass is 10.0. The standard InChI is InChI=1S/C15H19FN4O/c1-20(2)5-6-21-12-8-10(7-11(16)9-12)13-3-4-19-15(18)14(13)17/h3-4,7-9H,5-6,17H2,1-2H3,(H2,18,19). The molecule has 4 N–H and O–H groups in total. The molecule has 0 aliphatic heterocycles. The number of anilines is 2. The Labute approximate surface area is 123 Å². The van der Waals surface area contributed by atoms with Crippen molar-refractivity contribution in [1.82, 2.24) is 9.88 Å². The lowest BCUT2D eigenvalue weighted by Gasteiger charge is -2.13. The maximum Gasteiger partial charge on any atom is 0.147 e. The van der Waals surface area contributed by atoms with Crippen molar-refractivity contribution in [3.05, 3.63) is 36.3 Å². The third-order valence-electron chi connectivity index (χ3n) is 3.01. The second kappa shape index (κ2) is 6.41. The van der Waals surface area contributed by atoms with Crippen LogP contribution in [0.1, 0.15) is 0 Å². The molecule has 2 rings (SSSR count). The van der Waals surface area contributed by atoms with Crippen molar-refractivity contribution in [2.24, 2.45) is 0 Å². The zero-order valence-corrected chi connectivity index (χ0v) is 12.1. The van der Waals surface area contributed by atoms with E-state index < -0.39 is 0 Å². The molecule has 0 bridgehead atoms. The SMILES string of the molecule is CN(C)CCOc1cc(F)cc(-c2ccnc(N)c2N)c1. The molecular formula is C15H19FN4O. The number of nitrogen functional groups attached to an aromatic ring is 2. The molecular weight excluding hydrogens is 271 g/mol. The topological polar surface area (TPSA) is 77.4 Å². The molecule has 0 aliphatic rings. The van der Waals surface area contributed by atoms with Crippen LogP contribution in [0, 0.1) is 5.82 Å². The summed E-state index contributed by atoms with van der Waals surface area (Å²) in [5, 5.41) is 0. The van der Waals surface area contributed by atoms with Crippen molar-refractivity contribution in [2.45, 2.75) is 0 Å². The molecule has 0 radical (unpaired) electrons. The van der Waals surface area contributed by atoms with E-state index in [1.807, 2.05) is 19.0 Å². The number of benzene rings is 1. The highest BCUT2D eigenvalue weighted by atomic mass is 19.1. The summed E-state index contributed by atoms with van der Waals surface area (Å²) in [6.07, 6.45) is 1.54. The van der Waals surface area contributed by atoms with Crippen molar-refractivity contribution in [1.29, 1.82) is 0 Å². The van der Waals surface area contributed by atoms with E-state index in [1.54, 1.807) is 18.3 Å². The summed E-state index contributed by atoms with van der Waals surface area (Å²) in [7, 11) is 3.89. The number of hydrogen-bond acceptors (Lipinski definition) is 5. The highest BCUT2D eigenvalue weighted by molar-refractivity contribution is 5.82. The minimum atomic E-state index is -0.387. The third kappa shape index (κ3) is 3.82. The maximum absolute atomic E-state index is 13.8. The fourth-order valence-electron chi connectivity index (χ4n) is 1.89. The average Bonchev–Trinajstić information content (AvgIpc) is 2.41. The Kier molecular flexibility index (Phi) is 4.59. The van der Waals surface area contributed by atoms with Gasteiger partial charge in [-0.25, -0.2) is 9.37 Å². The molecule has 0 saturated carbocycles. The zero-order valence-electron chi connectivity index (χ0n) is 12.1. The van der Waals surface area contributed by atoms with Gasteiger partial charge in [0.05, 0.1) is 5.69 Å². The molecule has 0 fully saturated rings. The predicted octanol–water partition coefficient (Wildman–Crippen LogP) is 1.99. The van der Waals surface area contributed by atoms with Gasteiger partial charge < -0.3 is 21.1 Å². The van der Waals surface area contributed by atoms with Gasteiger partial charge in [0.1, 0.15) is 24.0 Å². The van der Waals surface area contributed by atoms with Crippen LogP contribution in [0.25, 0.3) is 11.1 Å². The number of likely N-dealkylation sites (N-methyl/N-ethyl adjacent to an activating group) is 1. The van der Waals surface area contributed by atoms with E-state index in [4.69, 9.17) is 16.2 Å². The zero-order chi connectivity index (χ0) is 15.4. The number of rotatable bonds is 5. The van der Waals surface area contributed by atoms with Crippen LogP contribution in [-0.4, -0.2) is 37.1 Å². The van der Waals surface area contributed by atoms with Crippen LogP contribution >= 0.6 is 0 Å². The molecule has 2 aromatic rings. The normalized spacial score (nSPS) is 10.9. The Bertz CT molecular complexity index is 631. The second-order valence-corrected chi connectivity index (χ2v) is 4.98. The summed E-state index contributed by atoms with van der Waals surface area (Å²) in [6.45, 7) is 1.22. The van der Waals surface area contributed by atoms with Gasteiger partial charge in [0.25, 0.3) is 0 Å². The van der Waals surface area contributed by atoms with E-state index in [9.17, 15) is 4.39 Å². The Balaban J connectivity index is 2.28. The molecule has 0 saturated heterocycles. The van der Waals surface area contributed by atoms with Gasteiger partial charge in [0.2, 0.25) is 0 Å². The highest BCUT2D eigenvalue weighted by Crippen LogP contribution is 2.31. The Morgan fingerprint density at radius 1 is 1.24 bits per heavy atom. The number of nitrogens with zero attached hydrogens (tertiary/aromatic N) is 2. The van der Waals surface area contributed by atoms with Crippen LogP contribution in [0.4, 0.5) is 15.9 Å². The molecule has 0 unspecified atom stereocenters. The molecule has 0 aliphatic carbocycles. The van der Waals surface area contributed by atoms with Gasteiger partial charge in [-0.2, -0.15) is 0 Å². The quantitative estimate of drug-likeness (QED) is 0.880. The van der Waals surface area contributed by atoms with Crippen LogP contribution in [0.3, 0.4) is 0 Å². The lowest BCUT2D eigenvalue weighted by Crippen LogP contribution is -2.19. The number of ether oxygens (including phenoxy) is 1. The summed E-state index contributed by atoms with van der Waals surface area (Å²) in [5.41, 5.74) is 13.2. The minimum absolute atomic E-state index is 0.229. The first kappa shape index (κ1) is 15.1. The highest BCUT2D eigenvalue weighted by Gasteiger charge is 2.09. The predicted molar refractivity (Wildman–Crippen MR) is 82.5 cm³/mol. The molecule has 1 aromatic carbocycles. The van der Waals surface area contributed by atoms with Crippen LogP contribution in [0.2, 0.25) is 0 Å². The van der Waals surface area contributed by atoms with Crippen molar-refractivity contribution in [3.8, 4) is 16.9 Å². The molecule has 0 amide bonds. The monoisotopic (exact) mass is 290 g/mol. The summed E-state index contributed by atoms with van der Waals surface area (Å²) < 4.78 is 19.3. The van der Waals surface area contributed by atoms with E-state index in [0.29, 0.717) is 29.2 Å². The number of hydrogen-bond donors (Lipinski definition) is 2. The molecule has 1 aromatic heterocycles. The first-order chi connectivity index (χ1) is 9.97. The van der Waals surface area contributed by atoms with Crippen LogP contribution in [0.15, 0.2) is 30.5 Å². The molecule has 6 heteroatoms. The number of halogens is 1. The number of aromatic nitrogens is 1. The van der Waals surface area contributed by atoms with Crippen LogP contribution in [0.5, 0.6) is 5.75 Å². The molecule has 5 nitrogen and oxygen atoms in total. The molecule has 0 atom stereocenters. The van der Waals surface area contributed by atoms with Crippen molar-refractivity contribution < 1.29 is 9.13 Å².